The van der Waals surface area contributed by atoms with E-state index < -0.39 is 9.84 Å². The number of sulfone groups is 1. The second-order valence-electron chi connectivity index (χ2n) is 5.69. The number of nitrogens with zero attached hydrogens (tertiary/aromatic N) is 1. The van der Waals surface area contributed by atoms with Crippen LogP contribution in [0.5, 0.6) is 0 Å². The van der Waals surface area contributed by atoms with Crippen LogP contribution in [0, 0.1) is 0 Å². The highest BCUT2D eigenvalue weighted by Gasteiger charge is 2.30. The predicted molar refractivity (Wildman–Crippen MR) is 82.6 cm³/mol. The molecule has 0 saturated carbocycles. The zero-order chi connectivity index (χ0) is 15.5. The Morgan fingerprint density at radius 1 is 1.38 bits per heavy atom. The molecule has 2 rings (SSSR count). The maximum atomic E-state index is 12.2. The number of nitrogens with one attached hydrogen (secondary N) is 1. The van der Waals surface area contributed by atoms with Gasteiger partial charge in [0.1, 0.15) is 0 Å². The fraction of sp³-hybridized carbons (Fsp3) is 0.533. The van der Waals surface area contributed by atoms with Crippen molar-refractivity contribution in [2.24, 2.45) is 0 Å². The van der Waals surface area contributed by atoms with E-state index in [0.29, 0.717) is 13.0 Å². The summed E-state index contributed by atoms with van der Waals surface area (Å²) in [5, 5.41) is 2.84. The van der Waals surface area contributed by atoms with Crippen LogP contribution in [0.4, 0.5) is 0 Å². The van der Waals surface area contributed by atoms with Crippen molar-refractivity contribution in [3.63, 3.8) is 0 Å². The Labute approximate surface area is 126 Å². The number of carbonyl (C=O) groups is 1. The van der Waals surface area contributed by atoms with Crippen molar-refractivity contribution < 1.29 is 13.2 Å². The number of hydrogen-bond acceptors (Lipinski definition) is 4. The molecule has 1 saturated heterocycles. The zero-order valence-corrected chi connectivity index (χ0v) is 13.3. The van der Waals surface area contributed by atoms with Crippen LogP contribution in [0.25, 0.3) is 0 Å². The largest absolute Gasteiger partial charge is 0.351 e. The lowest BCUT2D eigenvalue weighted by Crippen LogP contribution is -2.47. The third-order valence-electron chi connectivity index (χ3n) is 3.89. The van der Waals surface area contributed by atoms with E-state index in [1.165, 1.54) is 0 Å². The number of likely N-dealkylation sites (N-methyl/N-ethyl adjacent to an activating group) is 1. The fourth-order valence-corrected chi connectivity index (χ4v) is 4.11. The first-order chi connectivity index (χ1) is 9.87. The standard InChI is InChI=1S/C15H22N2O3S/c1-12(17(2)10-13-6-4-3-5-7-13)15(18)16-14-8-9-21(19,20)11-14/h3-7,12,14H,8-11H2,1-2H3,(H,16,18)/t12-,14+/m0/s1. The van der Waals surface area contributed by atoms with Gasteiger partial charge in [0.05, 0.1) is 17.5 Å². The molecule has 6 heteroatoms. The summed E-state index contributed by atoms with van der Waals surface area (Å²) in [5.74, 6) is 0.121. The highest BCUT2D eigenvalue weighted by Crippen LogP contribution is 2.12. The maximum Gasteiger partial charge on any atom is 0.237 e. The second-order valence-corrected chi connectivity index (χ2v) is 7.91. The van der Waals surface area contributed by atoms with Crippen molar-refractivity contribution in [1.82, 2.24) is 10.2 Å². The number of benzene rings is 1. The number of amides is 1. The lowest BCUT2D eigenvalue weighted by Gasteiger charge is -2.25. The molecule has 0 spiro atoms. The van der Waals surface area contributed by atoms with Gasteiger partial charge in [-0.2, -0.15) is 0 Å². The third kappa shape index (κ3) is 4.54. The van der Waals surface area contributed by atoms with Gasteiger partial charge in [-0.05, 0) is 26.0 Å². The van der Waals surface area contributed by atoms with E-state index in [9.17, 15) is 13.2 Å². The van der Waals surface area contributed by atoms with E-state index in [1.54, 1.807) is 0 Å². The number of carbonyl (C=O) groups excluding carboxylic acids is 1. The van der Waals surface area contributed by atoms with Crippen LogP contribution in [0.1, 0.15) is 18.9 Å². The summed E-state index contributed by atoms with van der Waals surface area (Å²) >= 11 is 0. The summed E-state index contributed by atoms with van der Waals surface area (Å²) in [4.78, 5) is 14.1. The van der Waals surface area contributed by atoms with Crippen molar-refractivity contribution >= 4 is 15.7 Å². The van der Waals surface area contributed by atoms with E-state index in [-0.39, 0.29) is 29.5 Å². The summed E-state index contributed by atoms with van der Waals surface area (Å²) < 4.78 is 22.8. The Morgan fingerprint density at radius 2 is 2.05 bits per heavy atom. The lowest BCUT2D eigenvalue weighted by atomic mass is 10.1. The summed E-state index contributed by atoms with van der Waals surface area (Å²) in [6.07, 6.45) is 0.517. The fourth-order valence-electron chi connectivity index (χ4n) is 2.44. The second kappa shape index (κ2) is 6.58. The van der Waals surface area contributed by atoms with Gasteiger partial charge in [0.15, 0.2) is 9.84 Å². The number of hydrogen-bond donors (Lipinski definition) is 1. The molecule has 1 aromatic carbocycles. The van der Waals surface area contributed by atoms with Gasteiger partial charge in [0.2, 0.25) is 5.91 Å². The molecule has 1 aliphatic heterocycles. The highest BCUT2D eigenvalue weighted by molar-refractivity contribution is 7.91. The van der Waals surface area contributed by atoms with Crippen LogP contribution in [0.2, 0.25) is 0 Å². The van der Waals surface area contributed by atoms with E-state index in [0.717, 1.165) is 5.56 Å². The van der Waals surface area contributed by atoms with Crippen LogP contribution in [-0.2, 0) is 21.2 Å². The summed E-state index contributed by atoms with van der Waals surface area (Å²) in [6, 6.07) is 9.40. The SMILES string of the molecule is C[C@@H](C(=O)N[C@@H]1CCS(=O)(=O)C1)N(C)Cc1ccccc1. The first-order valence-electron chi connectivity index (χ1n) is 7.12. The molecule has 5 nitrogen and oxygen atoms in total. The summed E-state index contributed by atoms with van der Waals surface area (Å²) in [7, 11) is -1.07. The maximum absolute atomic E-state index is 12.2. The van der Waals surface area contributed by atoms with Crippen molar-refractivity contribution in [3.05, 3.63) is 35.9 Å². The molecule has 2 atom stereocenters. The van der Waals surface area contributed by atoms with E-state index in [1.807, 2.05) is 49.2 Å². The van der Waals surface area contributed by atoms with Crippen LogP contribution < -0.4 is 5.32 Å². The Balaban J connectivity index is 1.87. The van der Waals surface area contributed by atoms with Gasteiger partial charge in [-0.15, -0.1) is 0 Å². The molecular formula is C15H22N2O3S. The summed E-state index contributed by atoms with van der Waals surface area (Å²) in [6.45, 7) is 2.51. The van der Waals surface area contributed by atoms with Crippen molar-refractivity contribution in [2.45, 2.75) is 32.0 Å². The monoisotopic (exact) mass is 310 g/mol. The smallest absolute Gasteiger partial charge is 0.237 e. The van der Waals surface area contributed by atoms with Crippen LogP contribution >= 0.6 is 0 Å². The molecular weight excluding hydrogens is 288 g/mol. The van der Waals surface area contributed by atoms with Gasteiger partial charge in [0.25, 0.3) is 0 Å². The van der Waals surface area contributed by atoms with Gasteiger partial charge < -0.3 is 5.32 Å². The number of rotatable bonds is 5. The Hall–Kier alpha value is -1.40. The molecule has 1 aromatic rings. The van der Waals surface area contributed by atoms with Crippen LogP contribution in [-0.4, -0.2) is 49.9 Å². The van der Waals surface area contributed by atoms with E-state index in [2.05, 4.69) is 5.32 Å². The predicted octanol–water partition coefficient (Wildman–Crippen LogP) is 0.810. The molecule has 0 unspecified atom stereocenters. The Bertz CT molecular complexity index is 586. The van der Waals surface area contributed by atoms with Crippen molar-refractivity contribution in [2.75, 3.05) is 18.6 Å². The average Bonchev–Trinajstić information content (AvgIpc) is 2.78. The molecule has 21 heavy (non-hydrogen) atoms. The molecule has 0 aromatic heterocycles. The molecule has 1 heterocycles. The van der Waals surface area contributed by atoms with Crippen molar-refractivity contribution in [3.8, 4) is 0 Å². The minimum absolute atomic E-state index is 0.0634. The van der Waals surface area contributed by atoms with Crippen LogP contribution in [0.15, 0.2) is 30.3 Å². The quantitative estimate of drug-likeness (QED) is 0.874. The van der Waals surface area contributed by atoms with Crippen molar-refractivity contribution in [1.29, 1.82) is 0 Å². The lowest BCUT2D eigenvalue weighted by molar-refractivity contribution is -0.126. The van der Waals surface area contributed by atoms with Gasteiger partial charge in [-0.25, -0.2) is 8.42 Å². The molecule has 1 fully saturated rings. The molecule has 1 N–H and O–H groups in total. The van der Waals surface area contributed by atoms with Crippen LogP contribution in [0.3, 0.4) is 0 Å². The third-order valence-corrected chi connectivity index (χ3v) is 5.66. The van der Waals surface area contributed by atoms with Gasteiger partial charge in [0, 0.05) is 12.6 Å². The van der Waals surface area contributed by atoms with Gasteiger partial charge in [-0.1, -0.05) is 30.3 Å². The molecule has 1 amide bonds. The molecule has 0 bridgehead atoms. The van der Waals surface area contributed by atoms with Gasteiger partial charge >= 0.3 is 0 Å². The summed E-state index contributed by atoms with van der Waals surface area (Å²) in [5.41, 5.74) is 1.14. The minimum Gasteiger partial charge on any atom is -0.351 e. The molecule has 1 aliphatic rings. The van der Waals surface area contributed by atoms with Gasteiger partial charge in [-0.3, -0.25) is 9.69 Å². The Kier molecular flexibility index (Phi) is 5.00. The first-order valence-corrected chi connectivity index (χ1v) is 8.94. The topological polar surface area (TPSA) is 66.5 Å². The Morgan fingerprint density at radius 3 is 2.62 bits per heavy atom. The zero-order valence-electron chi connectivity index (χ0n) is 12.5. The highest BCUT2D eigenvalue weighted by atomic mass is 32.2. The van der Waals surface area contributed by atoms with E-state index in [4.69, 9.17) is 0 Å². The average molecular weight is 310 g/mol. The molecule has 116 valence electrons. The minimum atomic E-state index is -2.96. The van der Waals surface area contributed by atoms with E-state index >= 15 is 0 Å². The normalized spacial score (nSPS) is 22.1. The molecule has 0 aliphatic carbocycles. The molecule has 0 radical (unpaired) electrons. The first kappa shape index (κ1) is 16.0.